The highest BCUT2D eigenvalue weighted by atomic mass is 16.4. The van der Waals surface area contributed by atoms with Crippen molar-refractivity contribution < 1.29 is 14.7 Å². The lowest BCUT2D eigenvalue weighted by atomic mass is 10.1. The molecule has 0 aliphatic heterocycles. The van der Waals surface area contributed by atoms with Gasteiger partial charge in [-0.3, -0.25) is 4.79 Å². The van der Waals surface area contributed by atoms with E-state index in [1.807, 2.05) is 37.3 Å². The molecule has 0 aliphatic carbocycles. The minimum atomic E-state index is -1.01. The molecule has 1 rings (SSSR count). The summed E-state index contributed by atoms with van der Waals surface area (Å²) >= 11 is 0. The van der Waals surface area contributed by atoms with Crippen LogP contribution in [-0.2, 0) is 16.0 Å². The lowest BCUT2D eigenvalue weighted by molar-refractivity contribution is -0.141. The van der Waals surface area contributed by atoms with Gasteiger partial charge >= 0.3 is 5.97 Å². The van der Waals surface area contributed by atoms with Gasteiger partial charge in [0.1, 0.15) is 6.04 Å². The van der Waals surface area contributed by atoms with Crippen molar-refractivity contribution in [2.45, 2.75) is 45.2 Å². The molecule has 0 fully saturated rings. The van der Waals surface area contributed by atoms with Gasteiger partial charge in [-0.2, -0.15) is 0 Å². The molecule has 0 saturated carbocycles. The average Bonchev–Trinajstić information content (AvgIpc) is 2.45. The second-order valence-electron chi connectivity index (χ2n) is 5.21. The van der Waals surface area contributed by atoms with Crippen LogP contribution in [-0.4, -0.2) is 35.6 Å². The fourth-order valence-electron chi connectivity index (χ4n) is 2.04. The molecule has 3 N–H and O–H groups in total. The average molecular weight is 292 g/mol. The quantitative estimate of drug-likeness (QED) is 0.645. The summed E-state index contributed by atoms with van der Waals surface area (Å²) in [6, 6.07) is 8.44. The number of aliphatic carboxylic acids is 1. The third kappa shape index (κ3) is 6.90. The molecule has 1 aromatic carbocycles. The first-order valence-corrected chi connectivity index (χ1v) is 7.32. The predicted octanol–water partition coefficient (Wildman–Crippen LogP) is 1.58. The first-order valence-electron chi connectivity index (χ1n) is 7.32. The Morgan fingerprint density at radius 2 is 1.90 bits per heavy atom. The fourth-order valence-corrected chi connectivity index (χ4v) is 2.04. The topological polar surface area (TPSA) is 78.4 Å². The Balaban J connectivity index is 2.50. The van der Waals surface area contributed by atoms with Crippen molar-refractivity contribution in [1.29, 1.82) is 0 Å². The molecule has 21 heavy (non-hydrogen) atoms. The van der Waals surface area contributed by atoms with Crippen molar-refractivity contribution in [3.63, 3.8) is 0 Å². The van der Waals surface area contributed by atoms with E-state index in [4.69, 9.17) is 0 Å². The van der Waals surface area contributed by atoms with Gasteiger partial charge in [-0.1, -0.05) is 37.3 Å². The molecule has 1 amide bonds. The highest BCUT2D eigenvalue weighted by Gasteiger charge is 2.21. The van der Waals surface area contributed by atoms with E-state index in [2.05, 4.69) is 17.6 Å². The Hall–Kier alpha value is -1.88. The Morgan fingerprint density at radius 3 is 2.48 bits per heavy atom. The Morgan fingerprint density at radius 1 is 1.24 bits per heavy atom. The van der Waals surface area contributed by atoms with E-state index in [-0.39, 0.29) is 18.4 Å². The van der Waals surface area contributed by atoms with Crippen LogP contribution in [0.1, 0.15) is 32.3 Å². The van der Waals surface area contributed by atoms with Crippen LogP contribution >= 0.6 is 0 Å². The molecule has 0 spiro atoms. The van der Waals surface area contributed by atoms with E-state index in [1.165, 1.54) is 0 Å². The van der Waals surface area contributed by atoms with Gasteiger partial charge in [0, 0.05) is 18.9 Å². The van der Waals surface area contributed by atoms with Crippen LogP contribution < -0.4 is 10.6 Å². The van der Waals surface area contributed by atoms with Gasteiger partial charge < -0.3 is 15.7 Å². The minimum absolute atomic E-state index is 0.0381. The number of carboxylic acid groups (broad SMARTS) is 1. The molecule has 0 heterocycles. The van der Waals surface area contributed by atoms with Gasteiger partial charge in [0.25, 0.3) is 0 Å². The second-order valence-corrected chi connectivity index (χ2v) is 5.21. The molecule has 116 valence electrons. The van der Waals surface area contributed by atoms with Gasteiger partial charge in [0.05, 0.1) is 0 Å². The molecule has 1 aromatic rings. The molecule has 0 radical (unpaired) electrons. The molecule has 5 heteroatoms. The largest absolute Gasteiger partial charge is 0.480 e. The summed E-state index contributed by atoms with van der Waals surface area (Å²) in [6.45, 7) is 4.82. The van der Waals surface area contributed by atoms with E-state index in [9.17, 15) is 14.7 Å². The highest BCUT2D eigenvalue weighted by Crippen LogP contribution is 2.04. The van der Waals surface area contributed by atoms with Crippen LogP contribution in [0.15, 0.2) is 30.3 Å². The van der Waals surface area contributed by atoms with Gasteiger partial charge in [0.2, 0.25) is 5.91 Å². The number of benzene rings is 1. The molecule has 0 aromatic heterocycles. The molecule has 5 nitrogen and oxygen atoms in total. The van der Waals surface area contributed by atoms with Crippen molar-refractivity contribution in [3.05, 3.63) is 35.9 Å². The first-order chi connectivity index (χ1) is 10.0. The first kappa shape index (κ1) is 17.2. The second kappa shape index (κ2) is 9.13. The summed E-state index contributed by atoms with van der Waals surface area (Å²) < 4.78 is 0. The summed E-state index contributed by atoms with van der Waals surface area (Å²) in [7, 11) is 0. The Kier molecular flexibility index (Phi) is 7.46. The van der Waals surface area contributed by atoms with Crippen LogP contribution in [0.2, 0.25) is 0 Å². The number of rotatable bonds is 9. The zero-order valence-electron chi connectivity index (χ0n) is 12.6. The third-order valence-corrected chi connectivity index (χ3v) is 3.15. The van der Waals surface area contributed by atoms with Gasteiger partial charge in [0.15, 0.2) is 0 Å². The molecule has 2 atom stereocenters. The highest BCUT2D eigenvalue weighted by molar-refractivity contribution is 5.84. The van der Waals surface area contributed by atoms with E-state index in [0.717, 1.165) is 18.5 Å². The van der Waals surface area contributed by atoms with E-state index in [0.29, 0.717) is 6.42 Å². The number of carboxylic acids is 1. The maximum absolute atomic E-state index is 11.9. The normalized spacial score (nSPS) is 13.4. The van der Waals surface area contributed by atoms with Crippen LogP contribution in [0.4, 0.5) is 0 Å². The number of hydrogen-bond acceptors (Lipinski definition) is 3. The summed E-state index contributed by atoms with van der Waals surface area (Å²) in [5.74, 6) is -1.25. The van der Waals surface area contributed by atoms with Gasteiger partial charge in [-0.15, -0.1) is 0 Å². The molecule has 0 aliphatic rings. The predicted molar refractivity (Wildman–Crippen MR) is 82.1 cm³/mol. The van der Waals surface area contributed by atoms with Crippen molar-refractivity contribution in [2.75, 3.05) is 6.54 Å². The van der Waals surface area contributed by atoms with Crippen LogP contribution in [0.25, 0.3) is 0 Å². The van der Waals surface area contributed by atoms with Crippen molar-refractivity contribution in [1.82, 2.24) is 10.6 Å². The smallest absolute Gasteiger partial charge is 0.326 e. The third-order valence-electron chi connectivity index (χ3n) is 3.15. The number of hydrogen-bond donors (Lipinski definition) is 3. The lowest BCUT2D eigenvalue weighted by Crippen LogP contribution is -2.44. The zero-order chi connectivity index (χ0) is 15.7. The molecule has 0 bridgehead atoms. The summed E-state index contributed by atoms with van der Waals surface area (Å²) in [4.78, 5) is 23.2. The van der Waals surface area contributed by atoms with Crippen molar-refractivity contribution in [3.8, 4) is 0 Å². The Bertz CT molecular complexity index is 448. The summed E-state index contributed by atoms with van der Waals surface area (Å²) in [5.41, 5.74) is 0.891. The molecule has 1 unspecified atom stereocenters. The zero-order valence-corrected chi connectivity index (χ0v) is 12.6. The van der Waals surface area contributed by atoms with Crippen LogP contribution in [0, 0.1) is 0 Å². The minimum Gasteiger partial charge on any atom is -0.480 e. The molecular weight excluding hydrogens is 268 g/mol. The van der Waals surface area contributed by atoms with Crippen molar-refractivity contribution >= 4 is 11.9 Å². The number of carbonyl (C=O) groups is 2. The molecular formula is C16H24N2O3. The lowest BCUT2D eigenvalue weighted by Gasteiger charge is -2.17. The number of nitrogens with one attached hydrogen (secondary N) is 2. The Labute approximate surface area is 125 Å². The van der Waals surface area contributed by atoms with Crippen molar-refractivity contribution in [2.24, 2.45) is 0 Å². The van der Waals surface area contributed by atoms with E-state index >= 15 is 0 Å². The summed E-state index contributed by atoms with van der Waals surface area (Å²) in [5, 5.41) is 15.0. The maximum Gasteiger partial charge on any atom is 0.326 e. The standard InChI is InChI=1S/C16H24N2O3/c1-3-9-17-12(2)10-15(19)18-14(16(20)21)11-13-7-5-4-6-8-13/h4-8,12,14,17H,3,9-11H2,1-2H3,(H,18,19)(H,20,21)/t12?,14-/m0/s1. The SMILES string of the molecule is CCCNC(C)CC(=O)N[C@@H](Cc1ccccc1)C(=O)O. The number of carbonyl (C=O) groups excluding carboxylic acids is 1. The fraction of sp³-hybridized carbons (Fsp3) is 0.500. The number of amides is 1. The molecule has 0 saturated heterocycles. The van der Waals surface area contributed by atoms with E-state index < -0.39 is 12.0 Å². The summed E-state index contributed by atoms with van der Waals surface area (Å²) in [6.07, 6.45) is 1.56. The van der Waals surface area contributed by atoms with Gasteiger partial charge in [-0.05, 0) is 25.5 Å². The van der Waals surface area contributed by atoms with Gasteiger partial charge in [-0.25, -0.2) is 4.79 Å². The monoisotopic (exact) mass is 292 g/mol. The van der Waals surface area contributed by atoms with Crippen LogP contribution in [0.5, 0.6) is 0 Å². The maximum atomic E-state index is 11.9. The van der Waals surface area contributed by atoms with Crippen LogP contribution in [0.3, 0.4) is 0 Å². The van der Waals surface area contributed by atoms with E-state index in [1.54, 1.807) is 0 Å².